The highest BCUT2D eigenvalue weighted by atomic mass is 32.1. The van der Waals surface area contributed by atoms with E-state index in [1.807, 2.05) is 73.6 Å². The summed E-state index contributed by atoms with van der Waals surface area (Å²) in [5.74, 6) is -0.252. The van der Waals surface area contributed by atoms with Crippen molar-refractivity contribution in [2.24, 2.45) is 5.92 Å². The third kappa shape index (κ3) is 5.26. The SMILES string of the molecule is C=C1NC(=S)N[C@H](c2ccc(N(C)C)cc2)[C@H]1C(=O)OCCOc1ccccc1. The Labute approximate surface area is 176 Å². The normalized spacial score (nSPS) is 18.4. The number of hydrogen-bond acceptors (Lipinski definition) is 5. The summed E-state index contributed by atoms with van der Waals surface area (Å²) in [5.41, 5.74) is 2.52. The number of thiocarbonyl (C=S) groups is 1. The Bertz CT molecular complexity index is 869. The Morgan fingerprint density at radius 2 is 1.79 bits per heavy atom. The van der Waals surface area contributed by atoms with Gasteiger partial charge in [-0.1, -0.05) is 36.9 Å². The minimum absolute atomic E-state index is 0.147. The Kier molecular flexibility index (Phi) is 6.72. The van der Waals surface area contributed by atoms with E-state index in [9.17, 15) is 4.79 Å². The molecular weight excluding hydrogens is 386 g/mol. The number of ether oxygens (including phenoxy) is 2. The molecular formula is C22H25N3O3S. The van der Waals surface area contributed by atoms with Crippen molar-refractivity contribution in [1.29, 1.82) is 0 Å². The molecule has 2 atom stereocenters. The number of nitrogens with one attached hydrogen (secondary N) is 2. The summed E-state index contributed by atoms with van der Waals surface area (Å²) >= 11 is 5.26. The Hall–Kier alpha value is -3.06. The predicted molar refractivity (Wildman–Crippen MR) is 118 cm³/mol. The van der Waals surface area contributed by atoms with Crippen LogP contribution in [0.15, 0.2) is 66.9 Å². The number of carbonyl (C=O) groups is 1. The molecule has 2 N–H and O–H groups in total. The zero-order chi connectivity index (χ0) is 20.8. The molecule has 0 bridgehead atoms. The van der Waals surface area contributed by atoms with Gasteiger partial charge in [0, 0.05) is 25.5 Å². The molecule has 1 fully saturated rings. The lowest BCUT2D eigenvalue weighted by Gasteiger charge is -2.35. The smallest absolute Gasteiger partial charge is 0.317 e. The molecule has 0 unspecified atom stereocenters. The second-order valence-corrected chi connectivity index (χ2v) is 7.30. The highest BCUT2D eigenvalue weighted by Gasteiger charge is 2.37. The Morgan fingerprint density at radius 3 is 2.45 bits per heavy atom. The lowest BCUT2D eigenvalue weighted by molar-refractivity contribution is -0.149. The molecule has 2 aromatic rings. The van der Waals surface area contributed by atoms with E-state index in [0.717, 1.165) is 17.0 Å². The summed E-state index contributed by atoms with van der Waals surface area (Å²) in [6, 6.07) is 17.0. The second-order valence-electron chi connectivity index (χ2n) is 6.89. The maximum Gasteiger partial charge on any atom is 0.317 e. The minimum Gasteiger partial charge on any atom is -0.490 e. The van der Waals surface area contributed by atoms with Crippen LogP contribution in [0.5, 0.6) is 5.75 Å². The van der Waals surface area contributed by atoms with Gasteiger partial charge >= 0.3 is 5.97 Å². The predicted octanol–water partition coefficient (Wildman–Crippen LogP) is 3.02. The van der Waals surface area contributed by atoms with Crippen molar-refractivity contribution < 1.29 is 14.3 Å². The molecule has 1 aliphatic rings. The third-order valence-electron chi connectivity index (χ3n) is 4.63. The number of nitrogens with zero attached hydrogens (tertiary/aromatic N) is 1. The van der Waals surface area contributed by atoms with Crippen molar-refractivity contribution in [2.75, 3.05) is 32.2 Å². The van der Waals surface area contributed by atoms with Crippen LogP contribution in [0, 0.1) is 5.92 Å². The van der Waals surface area contributed by atoms with Crippen molar-refractivity contribution in [3.05, 3.63) is 72.4 Å². The summed E-state index contributed by atoms with van der Waals surface area (Å²) in [5, 5.41) is 6.55. The second kappa shape index (κ2) is 9.43. The van der Waals surface area contributed by atoms with Gasteiger partial charge in [0.25, 0.3) is 0 Å². The average molecular weight is 412 g/mol. The van der Waals surface area contributed by atoms with Gasteiger partial charge in [-0.25, -0.2) is 0 Å². The van der Waals surface area contributed by atoms with Gasteiger partial charge < -0.3 is 25.0 Å². The van der Waals surface area contributed by atoms with Crippen LogP contribution in [0.4, 0.5) is 5.69 Å². The Morgan fingerprint density at radius 1 is 1.10 bits per heavy atom. The molecule has 0 spiro atoms. The summed E-state index contributed by atoms with van der Waals surface area (Å²) in [6.45, 7) is 4.41. The molecule has 152 valence electrons. The quantitative estimate of drug-likeness (QED) is 0.413. The summed E-state index contributed by atoms with van der Waals surface area (Å²) < 4.78 is 11.0. The molecule has 2 aromatic carbocycles. The zero-order valence-electron chi connectivity index (χ0n) is 16.6. The largest absolute Gasteiger partial charge is 0.490 e. The van der Waals surface area contributed by atoms with Gasteiger partial charge in [-0.2, -0.15) is 0 Å². The molecule has 1 saturated heterocycles. The first-order chi connectivity index (χ1) is 14.0. The first-order valence-electron chi connectivity index (χ1n) is 9.34. The lowest BCUT2D eigenvalue weighted by atomic mass is 9.89. The first-order valence-corrected chi connectivity index (χ1v) is 9.74. The van der Waals surface area contributed by atoms with Crippen LogP contribution in [0.2, 0.25) is 0 Å². The number of rotatable bonds is 7. The number of carbonyl (C=O) groups excluding carboxylic acids is 1. The molecule has 0 aromatic heterocycles. The minimum atomic E-state index is -0.608. The molecule has 6 nitrogen and oxygen atoms in total. The van der Waals surface area contributed by atoms with Gasteiger partial charge in [0.1, 0.15) is 24.9 Å². The topological polar surface area (TPSA) is 62.8 Å². The summed E-state index contributed by atoms with van der Waals surface area (Å²) in [7, 11) is 3.96. The average Bonchev–Trinajstić information content (AvgIpc) is 2.71. The van der Waals surface area contributed by atoms with Crippen LogP contribution in [-0.4, -0.2) is 38.4 Å². The van der Waals surface area contributed by atoms with Crippen molar-refractivity contribution in [2.45, 2.75) is 6.04 Å². The fraction of sp³-hybridized carbons (Fsp3) is 0.273. The number of para-hydroxylation sites is 1. The van der Waals surface area contributed by atoms with E-state index in [-0.39, 0.29) is 25.2 Å². The van der Waals surface area contributed by atoms with Gasteiger partial charge in [-0.05, 0) is 42.0 Å². The number of benzene rings is 2. The van der Waals surface area contributed by atoms with E-state index in [1.54, 1.807) is 0 Å². The summed E-state index contributed by atoms with van der Waals surface area (Å²) in [6.07, 6.45) is 0. The number of esters is 1. The molecule has 0 amide bonds. The monoisotopic (exact) mass is 411 g/mol. The van der Waals surface area contributed by atoms with Crippen LogP contribution < -0.4 is 20.3 Å². The van der Waals surface area contributed by atoms with E-state index >= 15 is 0 Å². The summed E-state index contributed by atoms with van der Waals surface area (Å²) in [4.78, 5) is 14.8. The first kappa shape index (κ1) is 20.7. The fourth-order valence-electron chi connectivity index (χ4n) is 3.13. The van der Waals surface area contributed by atoms with Crippen molar-refractivity contribution in [3.63, 3.8) is 0 Å². The third-order valence-corrected chi connectivity index (χ3v) is 4.85. The Balaban J connectivity index is 1.65. The standard InChI is InChI=1S/C22H25N3O3S/c1-15-19(21(26)28-14-13-27-18-7-5-4-6-8-18)20(24-22(29)23-15)16-9-11-17(12-10-16)25(2)3/h4-12,19-20H,1,13-14H2,2-3H3,(H2,23,24,29)/t19-,20+/m0/s1. The van der Waals surface area contributed by atoms with E-state index in [4.69, 9.17) is 21.7 Å². The molecule has 0 saturated carbocycles. The maximum atomic E-state index is 12.8. The van der Waals surface area contributed by atoms with Crippen molar-refractivity contribution in [3.8, 4) is 5.75 Å². The van der Waals surface area contributed by atoms with Crippen LogP contribution in [0.1, 0.15) is 11.6 Å². The number of anilines is 1. The molecule has 0 aliphatic carbocycles. The van der Waals surface area contributed by atoms with Crippen LogP contribution in [0.25, 0.3) is 0 Å². The molecule has 1 aliphatic heterocycles. The highest BCUT2D eigenvalue weighted by Crippen LogP contribution is 2.31. The molecule has 7 heteroatoms. The van der Waals surface area contributed by atoms with Crippen LogP contribution in [-0.2, 0) is 9.53 Å². The molecule has 0 radical (unpaired) electrons. The van der Waals surface area contributed by atoms with Crippen LogP contribution >= 0.6 is 12.2 Å². The van der Waals surface area contributed by atoms with E-state index < -0.39 is 5.92 Å². The van der Waals surface area contributed by atoms with Gasteiger partial charge in [0.15, 0.2) is 5.11 Å². The van der Waals surface area contributed by atoms with Crippen molar-refractivity contribution >= 4 is 29.0 Å². The fourth-order valence-corrected chi connectivity index (χ4v) is 3.39. The van der Waals surface area contributed by atoms with Crippen LogP contribution in [0.3, 0.4) is 0 Å². The van der Waals surface area contributed by atoms with Gasteiger partial charge in [0.05, 0.1) is 6.04 Å². The van der Waals surface area contributed by atoms with E-state index in [2.05, 4.69) is 17.2 Å². The highest BCUT2D eigenvalue weighted by molar-refractivity contribution is 7.80. The number of hydrogen-bond donors (Lipinski definition) is 2. The van der Waals surface area contributed by atoms with Gasteiger partial charge in [-0.15, -0.1) is 0 Å². The zero-order valence-corrected chi connectivity index (χ0v) is 17.4. The molecule has 29 heavy (non-hydrogen) atoms. The lowest BCUT2D eigenvalue weighted by Crippen LogP contribution is -2.51. The van der Waals surface area contributed by atoms with E-state index in [1.165, 1.54) is 0 Å². The van der Waals surface area contributed by atoms with E-state index in [0.29, 0.717) is 10.8 Å². The van der Waals surface area contributed by atoms with Gasteiger partial charge in [0.2, 0.25) is 0 Å². The molecule has 3 rings (SSSR count). The van der Waals surface area contributed by atoms with Crippen molar-refractivity contribution in [1.82, 2.24) is 10.6 Å². The maximum absolute atomic E-state index is 12.8. The van der Waals surface area contributed by atoms with Gasteiger partial charge in [-0.3, -0.25) is 4.79 Å². The molecule has 1 heterocycles.